The molecule has 0 spiro atoms. The molecule has 0 aliphatic heterocycles. The van der Waals surface area contributed by atoms with Crippen LogP contribution in [-0.4, -0.2) is 21.9 Å². The third kappa shape index (κ3) is 3.07. The summed E-state index contributed by atoms with van der Waals surface area (Å²) in [6.45, 7) is 1.44. The van der Waals surface area contributed by atoms with Gasteiger partial charge in [-0.15, -0.1) is 11.3 Å². The van der Waals surface area contributed by atoms with E-state index in [1.165, 1.54) is 26.8 Å². The van der Waals surface area contributed by atoms with Gasteiger partial charge in [0.1, 0.15) is 10.7 Å². The van der Waals surface area contributed by atoms with E-state index in [9.17, 15) is 4.79 Å². The van der Waals surface area contributed by atoms with E-state index in [0.717, 1.165) is 41.8 Å². The highest BCUT2D eigenvalue weighted by atomic mass is 32.1. The third-order valence-electron chi connectivity index (χ3n) is 5.31. The number of hydrogen-bond donors (Lipinski definition) is 1. The monoisotopic (exact) mass is 375 g/mol. The Hall–Kier alpha value is -2.50. The average molecular weight is 375 g/mol. The summed E-state index contributed by atoms with van der Waals surface area (Å²) in [6, 6.07) is 15.0. The lowest BCUT2D eigenvalue weighted by Gasteiger charge is -2.16. The second-order valence-corrected chi connectivity index (χ2v) is 8.49. The van der Waals surface area contributed by atoms with Crippen LogP contribution in [0, 0.1) is 0 Å². The molecular formula is C22H21N3OS. The first kappa shape index (κ1) is 16.7. The maximum atomic E-state index is 12.6. The Balaban J connectivity index is 1.38. The molecular weight excluding hydrogens is 354 g/mol. The van der Waals surface area contributed by atoms with Crippen molar-refractivity contribution in [3.05, 3.63) is 74.6 Å². The van der Waals surface area contributed by atoms with Gasteiger partial charge >= 0.3 is 0 Å². The van der Waals surface area contributed by atoms with Crippen molar-refractivity contribution in [3.8, 4) is 0 Å². The number of aromatic nitrogens is 2. The van der Waals surface area contributed by atoms with Crippen molar-refractivity contribution in [1.29, 1.82) is 0 Å². The van der Waals surface area contributed by atoms with E-state index in [0.29, 0.717) is 6.54 Å². The molecule has 0 saturated carbocycles. The normalized spacial score (nSPS) is 13.7. The van der Waals surface area contributed by atoms with Gasteiger partial charge in [0.25, 0.3) is 5.56 Å². The summed E-state index contributed by atoms with van der Waals surface area (Å²) >= 11 is 1.70. The van der Waals surface area contributed by atoms with E-state index >= 15 is 0 Å². The summed E-state index contributed by atoms with van der Waals surface area (Å²) in [5.74, 6) is 0.746. The second kappa shape index (κ2) is 6.59. The van der Waals surface area contributed by atoms with Crippen molar-refractivity contribution in [3.63, 3.8) is 0 Å². The number of benzene rings is 2. The lowest BCUT2D eigenvalue weighted by molar-refractivity contribution is 0.311. The Kier molecular flexibility index (Phi) is 4.06. The summed E-state index contributed by atoms with van der Waals surface area (Å²) in [5, 5.41) is 3.34. The number of nitrogens with zero attached hydrogens (tertiary/aromatic N) is 2. The molecule has 1 aliphatic rings. The van der Waals surface area contributed by atoms with Gasteiger partial charge in [0.05, 0.1) is 11.9 Å². The number of nitrogens with one attached hydrogen (secondary N) is 1. The fourth-order valence-electron chi connectivity index (χ4n) is 4.08. The molecule has 0 atom stereocenters. The molecule has 0 saturated heterocycles. The van der Waals surface area contributed by atoms with Crippen LogP contribution in [0.4, 0.5) is 0 Å². The van der Waals surface area contributed by atoms with Gasteiger partial charge in [-0.2, -0.15) is 0 Å². The first-order valence-corrected chi connectivity index (χ1v) is 10.2. The number of H-pyrrole nitrogens is 1. The maximum absolute atomic E-state index is 12.6. The largest absolute Gasteiger partial charge is 0.309 e. The van der Waals surface area contributed by atoms with Crippen LogP contribution in [0.15, 0.2) is 47.3 Å². The first-order valence-electron chi connectivity index (χ1n) is 9.37. The van der Waals surface area contributed by atoms with Gasteiger partial charge in [-0.3, -0.25) is 9.69 Å². The van der Waals surface area contributed by atoms with Crippen LogP contribution in [-0.2, 0) is 25.9 Å². The Bertz CT molecular complexity index is 1210. The molecule has 4 aromatic rings. The lowest BCUT2D eigenvalue weighted by Crippen LogP contribution is -2.21. The molecule has 2 heterocycles. The number of fused-ring (bicyclic) bond motifs is 4. The molecule has 0 radical (unpaired) electrons. The SMILES string of the molecule is CN(Cc1ccc2ccccc2c1)Cc1nc2sc3c(c2c(=O)[nH]1)CCC3. The second-order valence-electron chi connectivity index (χ2n) is 7.40. The molecule has 2 aromatic heterocycles. The Morgan fingerprint density at radius 2 is 1.96 bits per heavy atom. The quantitative estimate of drug-likeness (QED) is 0.580. The van der Waals surface area contributed by atoms with Crippen molar-refractivity contribution in [1.82, 2.24) is 14.9 Å². The molecule has 0 fully saturated rings. The van der Waals surface area contributed by atoms with Crippen LogP contribution in [0.2, 0.25) is 0 Å². The van der Waals surface area contributed by atoms with Gasteiger partial charge in [0.2, 0.25) is 0 Å². The molecule has 27 heavy (non-hydrogen) atoms. The average Bonchev–Trinajstić information content (AvgIpc) is 3.22. The predicted octanol–water partition coefficient (Wildman–Crippen LogP) is 4.26. The highest BCUT2D eigenvalue weighted by molar-refractivity contribution is 7.18. The van der Waals surface area contributed by atoms with E-state index in [4.69, 9.17) is 4.98 Å². The standard InChI is InChI=1S/C22H21N3OS/c1-25(12-14-9-10-15-5-2-3-6-16(15)11-14)13-19-23-21(26)20-17-7-4-8-18(17)27-22(20)24-19/h2-3,5-6,9-11H,4,7-8,12-13H2,1H3,(H,23,24,26). The smallest absolute Gasteiger partial charge is 0.259 e. The van der Waals surface area contributed by atoms with Crippen molar-refractivity contribution in [2.24, 2.45) is 0 Å². The van der Waals surface area contributed by atoms with Gasteiger partial charge in [0.15, 0.2) is 0 Å². The molecule has 0 amide bonds. The summed E-state index contributed by atoms with van der Waals surface area (Å²) in [6.07, 6.45) is 3.26. The van der Waals surface area contributed by atoms with Gasteiger partial charge in [-0.05, 0) is 54.3 Å². The fourth-order valence-corrected chi connectivity index (χ4v) is 5.36. The summed E-state index contributed by atoms with van der Waals surface area (Å²) in [7, 11) is 2.06. The van der Waals surface area contributed by atoms with Gasteiger partial charge in [-0.1, -0.05) is 36.4 Å². The molecule has 5 heteroatoms. The summed E-state index contributed by atoms with van der Waals surface area (Å²) < 4.78 is 0. The fraction of sp³-hybridized carbons (Fsp3) is 0.273. The zero-order valence-electron chi connectivity index (χ0n) is 15.3. The van der Waals surface area contributed by atoms with Gasteiger partial charge in [-0.25, -0.2) is 4.98 Å². The minimum atomic E-state index is 0.0218. The van der Waals surface area contributed by atoms with Crippen LogP contribution < -0.4 is 5.56 Å². The van der Waals surface area contributed by atoms with Crippen LogP contribution in [0.5, 0.6) is 0 Å². The Morgan fingerprint density at radius 1 is 1.11 bits per heavy atom. The summed E-state index contributed by atoms with van der Waals surface area (Å²) in [4.78, 5) is 24.8. The molecule has 2 aromatic carbocycles. The minimum Gasteiger partial charge on any atom is -0.309 e. The molecule has 1 aliphatic carbocycles. The van der Waals surface area contributed by atoms with Gasteiger partial charge in [0, 0.05) is 11.4 Å². The van der Waals surface area contributed by atoms with Gasteiger partial charge < -0.3 is 4.98 Å². The number of rotatable bonds is 4. The highest BCUT2D eigenvalue weighted by Crippen LogP contribution is 2.34. The van der Waals surface area contributed by atoms with E-state index in [1.807, 2.05) is 0 Å². The first-order chi connectivity index (χ1) is 13.2. The topological polar surface area (TPSA) is 49.0 Å². The van der Waals surface area contributed by atoms with E-state index in [1.54, 1.807) is 11.3 Å². The maximum Gasteiger partial charge on any atom is 0.259 e. The Morgan fingerprint density at radius 3 is 2.85 bits per heavy atom. The van der Waals surface area contributed by atoms with E-state index in [-0.39, 0.29) is 5.56 Å². The molecule has 0 unspecified atom stereocenters. The third-order valence-corrected chi connectivity index (χ3v) is 6.50. The predicted molar refractivity (Wildman–Crippen MR) is 111 cm³/mol. The number of hydrogen-bond acceptors (Lipinski definition) is 4. The van der Waals surface area contributed by atoms with Crippen LogP contribution in [0.25, 0.3) is 21.0 Å². The molecule has 4 nitrogen and oxygen atoms in total. The van der Waals surface area contributed by atoms with Crippen molar-refractivity contribution < 1.29 is 0 Å². The number of aromatic amines is 1. The molecule has 136 valence electrons. The summed E-state index contributed by atoms with van der Waals surface area (Å²) in [5.41, 5.74) is 2.52. The van der Waals surface area contributed by atoms with Crippen LogP contribution in [0.3, 0.4) is 0 Å². The molecule has 0 bridgehead atoms. The van der Waals surface area contributed by atoms with E-state index in [2.05, 4.69) is 59.4 Å². The van der Waals surface area contributed by atoms with Crippen molar-refractivity contribution in [2.75, 3.05) is 7.05 Å². The van der Waals surface area contributed by atoms with E-state index < -0.39 is 0 Å². The lowest BCUT2D eigenvalue weighted by atomic mass is 10.1. The minimum absolute atomic E-state index is 0.0218. The number of thiophene rings is 1. The molecule has 5 rings (SSSR count). The Labute approximate surface area is 161 Å². The zero-order valence-corrected chi connectivity index (χ0v) is 16.1. The molecule has 1 N–H and O–H groups in total. The van der Waals surface area contributed by atoms with Crippen LogP contribution in [0.1, 0.15) is 28.2 Å². The highest BCUT2D eigenvalue weighted by Gasteiger charge is 2.21. The zero-order chi connectivity index (χ0) is 18.4. The van der Waals surface area contributed by atoms with Crippen molar-refractivity contribution in [2.45, 2.75) is 32.4 Å². The van der Waals surface area contributed by atoms with Crippen molar-refractivity contribution >= 4 is 32.3 Å². The van der Waals surface area contributed by atoms with Crippen LogP contribution >= 0.6 is 11.3 Å². The number of aryl methyl sites for hydroxylation is 2.